The van der Waals surface area contributed by atoms with E-state index in [0.717, 1.165) is 6.07 Å². The fraction of sp³-hybridized carbons (Fsp3) is 0.158. The average molecular weight is 400 g/mol. The summed E-state index contributed by atoms with van der Waals surface area (Å²) >= 11 is 0. The quantitative estimate of drug-likeness (QED) is 0.547. The summed E-state index contributed by atoms with van der Waals surface area (Å²) in [6, 6.07) is 11.4. The fourth-order valence-corrected chi connectivity index (χ4v) is 3.10. The lowest BCUT2D eigenvalue weighted by Crippen LogP contribution is -2.10. The number of nitrogens with two attached hydrogens (primary N) is 1. The second-order valence-electron chi connectivity index (χ2n) is 6.36. The molecule has 0 saturated carbocycles. The SMILES string of the molecule is Cc1cc(-c2c(-c3ccccc3)nc(N)n3nc(CO)nc23)cc(C(F)(F)F)n1. The highest BCUT2D eigenvalue weighted by Crippen LogP contribution is 2.37. The van der Waals surface area contributed by atoms with E-state index in [1.54, 1.807) is 24.3 Å². The lowest BCUT2D eigenvalue weighted by molar-refractivity contribution is -0.141. The molecule has 148 valence electrons. The minimum absolute atomic E-state index is 0.00312. The van der Waals surface area contributed by atoms with Crippen LogP contribution in [0.3, 0.4) is 0 Å². The van der Waals surface area contributed by atoms with Gasteiger partial charge in [-0.15, -0.1) is 5.10 Å². The Balaban J connectivity index is 2.11. The summed E-state index contributed by atoms with van der Waals surface area (Å²) in [5.41, 5.74) is 6.90. The number of halogens is 3. The van der Waals surface area contributed by atoms with E-state index < -0.39 is 18.5 Å². The van der Waals surface area contributed by atoms with Crippen molar-refractivity contribution in [3.8, 4) is 22.4 Å². The van der Waals surface area contributed by atoms with Crippen molar-refractivity contribution in [2.75, 3.05) is 5.73 Å². The molecule has 0 aliphatic carbocycles. The van der Waals surface area contributed by atoms with E-state index >= 15 is 0 Å². The maximum absolute atomic E-state index is 13.4. The zero-order chi connectivity index (χ0) is 20.8. The third kappa shape index (κ3) is 3.38. The van der Waals surface area contributed by atoms with Crippen LogP contribution in [0.4, 0.5) is 19.1 Å². The van der Waals surface area contributed by atoms with E-state index in [-0.39, 0.29) is 28.7 Å². The molecule has 3 heterocycles. The number of alkyl halides is 3. The van der Waals surface area contributed by atoms with Crippen molar-refractivity contribution in [1.29, 1.82) is 0 Å². The van der Waals surface area contributed by atoms with Gasteiger partial charge in [-0.25, -0.2) is 15.0 Å². The van der Waals surface area contributed by atoms with Gasteiger partial charge in [0.25, 0.3) is 0 Å². The van der Waals surface area contributed by atoms with E-state index in [9.17, 15) is 18.3 Å². The zero-order valence-corrected chi connectivity index (χ0v) is 15.1. The fourth-order valence-electron chi connectivity index (χ4n) is 3.10. The number of rotatable bonds is 3. The van der Waals surface area contributed by atoms with Crippen LogP contribution in [0.1, 0.15) is 17.2 Å². The lowest BCUT2D eigenvalue weighted by atomic mass is 9.99. The number of aliphatic hydroxyl groups is 1. The van der Waals surface area contributed by atoms with E-state index in [4.69, 9.17) is 5.73 Å². The lowest BCUT2D eigenvalue weighted by Gasteiger charge is -2.14. The molecular weight excluding hydrogens is 385 g/mol. The molecule has 0 aliphatic rings. The first-order valence-electron chi connectivity index (χ1n) is 8.55. The molecule has 0 saturated heterocycles. The molecule has 0 amide bonds. The van der Waals surface area contributed by atoms with Crippen LogP contribution in [0.25, 0.3) is 28.0 Å². The first kappa shape index (κ1) is 18.8. The molecule has 0 aliphatic heterocycles. The molecule has 7 nitrogen and oxygen atoms in total. The Kier molecular flexibility index (Phi) is 4.42. The van der Waals surface area contributed by atoms with E-state index in [0.29, 0.717) is 16.8 Å². The van der Waals surface area contributed by atoms with Gasteiger partial charge in [-0.3, -0.25) is 0 Å². The van der Waals surface area contributed by atoms with Gasteiger partial charge < -0.3 is 10.8 Å². The van der Waals surface area contributed by atoms with Crippen LogP contribution in [0.2, 0.25) is 0 Å². The van der Waals surface area contributed by atoms with Gasteiger partial charge >= 0.3 is 6.18 Å². The summed E-state index contributed by atoms with van der Waals surface area (Å²) in [5, 5.41) is 13.5. The molecular formula is C19H15F3N6O. The second-order valence-corrected chi connectivity index (χ2v) is 6.36. The Morgan fingerprint density at radius 3 is 2.41 bits per heavy atom. The highest BCUT2D eigenvalue weighted by Gasteiger charge is 2.33. The van der Waals surface area contributed by atoms with E-state index in [2.05, 4.69) is 20.1 Å². The molecule has 4 aromatic rings. The van der Waals surface area contributed by atoms with Crippen molar-refractivity contribution < 1.29 is 18.3 Å². The van der Waals surface area contributed by atoms with Crippen LogP contribution in [-0.4, -0.2) is 29.7 Å². The summed E-state index contributed by atoms with van der Waals surface area (Å²) in [4.78, 5) is 12.2. The number of nitrogen functional groups attached to an aromatic ring is 1. The highest BCUT2D eigenvalue weighted by atomic mass is 19.4. The minimum Gasteiger partial charge on any atom is -0.388 e. The van der Waals surface area contributed by atoms with Gasteiger partial charge in [-0.2, -0.15) is 17.7 Å². The molecule has 4 rings (SSSR count). The van der Waals surface area contributed by atoms with Crippen molar-refractivity contribution in [2.45, 2.75) is 19.7 Å². The molecule has 3 N–H and O–H groups in total. The summed E-state index contributed by atoms with van der Waals surface area (Å²) < 4.78 is 41.3. The van der Waals surface area contributed by atoms with Crippen molar-refractivity contribution in [3.05, 3.63) is 59.7 Å². The van der Waals surface area contributed by atoms with Gasteiger partial charge in [-0.1, -0.05) is 30.3 Å². The second kappa shape index (κ2) is 6.82. The van der Waals surface area contributed by atoms with Crippen molar-refractivity contribution >= 4 is 11.6 Å². The summed E-state index contributed by atoms with van der Waals surface area (Å²) in [6.07, 6.45) is -4.62. The van der Waals surface area contributed by atoms with Crippen LogP contribution in [0, 0.1) is 6.92 Å². The Bertz CT molecular complexity index is 1200. The first-order valence-corrected chi connectivity index (χ1v) is 8.55. The van der Waals surface area contributed by atoms with Crippen molar-refractivity contribution in [2.24, 2.45) is 0 Å². The Morgan fingerprint density at radius 1 is 1.03 bits per heavy atom. The van der Waals surface area contributed by atoms with Gasteiger partial charge in [0.2, 0.25) is 5.95 Å². The number of nitrogens with zero attached hydrogens (tertiary/aromatic N) is 5. The molecule has 29 heavy (non-hydrogen) atoms. The number of aryl methyl sites for hydroxylation is 1. The van der Waals surface area contributed by atoms with E-state index in [1.165, 1.54) is 17.5 Å². The van der Waals surface area contributed by atoms with Gasteiger partial charge in [0.1, 0.15) is 12.3 Å². The van der Waals surface area contributed by atoms with Crippen molar-refractivity contribution in [1.82, 2.24) is 24.6 Å². The van der Waals surface area contributed by atoms with Crippen LogP contribution >= 0.6 is 0 Å². The van der Waals surface area contributed by atoms with Crippen LogP contribution < -0.4 is 5.73 Å². The normalized spacial score (nSPS) is 11.9. The molecule has 0 radical (unpaired) electrons. The topological polar surface area (TPSA) is 102 Å². The van der Waals surface area contributed by atoms with Crippen LogP contribution in [0.15, 0.2) is 42.5 Å². The average Bonchev–Trinajstić information content (AvgIpc) is 3.12. The smallest absolute Gasteiger partial charge is 0.388 e. The van der Waals surface area contributed by atoms with Gasteiger partial charge in [0.15, 0.2) is 11.5 Å². The van der Waals surface area contributed by atoms with Crippen molar-refractivity contribution in [3.63, 3.8) is 0 Å². The Labute approximate surface area is 162 Å². The number of pyridine rings is 1. The molecule has 0 spiro atoms. The number of hydrogen-bond donors (Lipinski definition) is 2. The first-order chi connectivity index (χ1) is 13.8. The van der Waals surface area contributed by atoms with Gasteiger partial charge in [0.05, 0.1) is 11.3 Å². The third-order valence-corrected chi connectivity index (χ3v) is 4.28. The molecule has 0 bridgehead atoms. The Morgan fingerprint density at radius 2 is 1.76 bits per heavy atom. The number of benzene rings is 1. The molecule has 0 unspecified atom stereocenters. The third-order valence-electron chi connectivity index (χ3n) is 4.28. The number of hydrogen-bond acceptors (Lipinski definition) is 6. The van der Waals surface area contributed by atoms with Crippen LogP contribution in [-0.2, 0) is 12.8 Å². The summed E-state index contributed by atoms with van der Waals surface area (Å²) in [5.74, 6) is 0.0726. The standard InChI is InChI=1S/C19H15F3N6O/c1-10-7-12(8-13(24-10)19(20,21)22)15-16(11-5-3-2-4-6-11)26-18(23)28-17(15)25-14(9-29)27-28/h2-8,29H,9H2,1H3,(H2,23,26). The van der Waals surface area contributed by atoms with E-state index in [1.807, 2.05) is 6.07 Å². The molecule has 3 aromatic heterocycles. The number of anilines is 1. The number of fused-ring (bicyclic) bond motifs is 1. The molecule has 1 aromatic carbocycles. The molecule has 0 fully saturated rings. The Hall–Kier alpha value is -3.53. The highest BCUT2D eigenvalue weighted by molar-refractivity contribution is 5.90. The minimum atomic E-state index is -4.62. The predicted octanol–water partition coefficient (Wildman–Crippen LogP) is 3.26. The number of aliphatic hydroxyl groups excluding tert-OH is 1. The number of aromatic nitrogens is 5. The molecule has 0 atom stereocenters. The monoisotopic (exact) mass is 400 g/mol. The predicted molar refractivity (Wildman–Crippen MR) is 99.5 cm³/mol. The van der Waals surface area contributed by atoms with Gasteiger partial charge in [-0.05, 0) is 24.6 Å². The summed E-state index contributed by atoms with van der Waals surface area (Å²) in [7, 11) is 0. The van der Waals surface area contributed by atoms with Gasteiger partial charge in [0, 0.05) is 11.3 Å². The maximum Gasteiger partial charge on any atom is 0.433 e. The van der Waals surface area contributed by atoms with Crippen LogP contribution in [0.5, 0.6) is 0 Å². The maximum atomic E-state index is 13.4. The zero-order valence-electron chi connectivity index (χ0n) is 15.1. The summed E-state index contributed by atoms with van der Waals surface area (Å²) in [6.45, 7) is 1.02. The largest absolute Gasteiger partial charge is 0.433 e. The molecule has 10 heteroatoms.